The van der Waals surface area contributed by atoms with E-state index in [-0.39, 0.29) is 17.9 Å². The standard InChI is InChI=1S/C23H19NO5/c1-28-17-10-5-9-16(13-17)21(25)19-20(15-7-3-2-4-8-15)24(23(27)22(19)26)14-18-11-6-12-29-18/h2-13,20,25H,14H2,1H3/b21-19-. The maximum absolute atomic E-state index is 12.9. The molecule has 146 valence electrons. The summed E-state index contributed by atoms with van der Waals surface area (Å²) in [5, 5.41) is 11.0. The van der Waals surface area contributed by atoms with E-state index in [9.17, 15) is 14.7 Å². The Kier molecular flexibility index (Phi) is 4.91. The topological polar surface area (TPSA) is 80.0 Å². The molecule has 0 radical (unpaired) electrons. The number of carbonyl (C=O) groups is 2. The second-order valence-electron chi connectivity index (χ2n) is 6.65. The number of furan rings is 1. The first-order valence-electron chi connectivity index (χ1n) is 9.10. The molecule has 1 N–H and O–H groups in total. The molecule has 0 aliphatic carbocycles. The highest BCUT2D eigenvalue weighted by Crippen LogP contribution is 2.40. The summed E-state index contributed by atoms with van der Waals surface area (Å²) in [7, 11) is 1.52. The van der Waals surface area contributed by atoms with Gasteiger partial charge < -0.3 is 19.2 Å². The third-order valence-electron chi connectivity index (χ3n) is 4.90. The van der Waals surface area contributed by atoms with Crippen molar-refractivity contribution < 1.29 is 23.8 Å². The molecule has 4 rings (SSSR count). The molecule has 6 nitrogen and oxygen atoms in total. The van der Waals surface area contributed by atoms with Gasteiger partial charge in [0.15, 0.2) is 0 Å². The Morgan fingerprint density at radius 2 is 1.86 bits per heavy atom. The molecule has 1 aliphatic rings. The summed E-state index contributed by atoms with van der Waals surface area (Å²) < 4.78 is 10.6. The summed E-state index contributed by atoms with van der Waals surface area (Å²) in [6, 6.07) is 18.6. The number of benzene rings is 2. The summed E-state index contributed by atoms with van der Waals surface area (Å²) in [6.45, 7) is 0.117. The van der Waals surface area contributed by atoms with Crippen LogP contribution in [0.15, 0.2) is 83.0 Å². The number of ether oxygens (including phenoxy) is 1. The molecule has 3 aromatic rings. The van der Waals surface area contributed by atoms with Gasteiger partial charge in [-0.25, -0.2) is 0 Å². The maximum Gasteiger partial charge on any atom is 0.296 e. The summed E-state index contributed by atoms with van der Waals surface area (Å²) in [5.74, 6) is -0.562. The first-order valence-corrected chi connectivity index (χ1v) is 9.10. The number of methoxy groups -OCH3 is 1. The number of nitrogens with zero attached hydrogens (tertiary/aromatic N) is 1. The van der Waals surface area contributed by atoms with Gasteiger partial charge in [0.05, 0.1) is 31.5 Å². The molecule has 1 unspecified atom stereocenters. The first-order chi connectivity index (χ1) is 14.1. The largest absolute Gasteiger partial charge is 0.507 e. The molecular weight excluding hydrogens is 370 g/mol. The van der Waals surface area contributed by atoms with Crippen LogP contribution in [-0.4, -0.2) is 28.8 Å². The number of aliphatic hydroxyl groups excluding tert-OH is 1. The lowest BCUT2D eigenvalue weighted by molar-refractivity contribution is -0.140. The van der Waals surface area contributed by atoms with E-state index in [0.717, 1.165) is 5.56 Å². The van der Waals surface area contributed by atoms with Crippen LogP contribution in [0.4, 0.5) is 0 Å². The molecule has 2 aromatic carbocycles. The minimum atomic E-state index is -0.731. The maximum atomic E-state index is 12.9. The molecule has 1 amide bonds. The lowest BCUT2D eigenvalue weighted by atomic mass is 9.95. The average molecular weight is 389 g/mol. The van der Waals surface area contributed by atoms with Crippen LogP contribution >= 0.6 is 0 Å². The van der Waals surface area contributed by atoms with Gasteiger partial charge in [-0.15, -0.1) is 0 Å². The first kappa shape index (κ1) is 18.6. The average Bonchev–Trinajstić information content (AvgIpc) is 3.36. The molecule has 1 fully saturated rings. The van der Waals surface area contributed by atoms with E-state index in [1.807, 2.05) is 30.3 Å². The van der Waals surface area contributed by atoms with Gasteiger partial charge in [0, 0.05) is 5.56 Å². The zero-order chi connectivity index (χ0) is 20.4. The number of aliphatic hydroxyl groups is 1. The van der Waals surface area contributed by atoms with Crippen molar-refractivity contribution in [1.29, 1.82) is 0 Å². The van der Waals surface area contributed by atoms with E-state index in [1.54, 1.807) is 36.4 Å². The van der Waals surface area contributed by atoms with Gasteiger partial charge in [-0.3, -0.25) is 9.59 Å². The molecule has 6 heteroatoms. The minimum Gasteiger partial charge on any atom is -0.507 e. The van der Waals surface area contributed by atoms with E-state index >= 15 is 0 Å². The number of hydrogen-bond acceptors (Lipinski definition) is 5. The second kappa shape index (κ2) is 7.67. The van der Waals surface area contributed by atoms with Crippen LogP contribution in [0.1, 0.15) is 22.9 Å². The predicted octanol–water partition coefficient (Wildman–Crippen LogP) is 3.91. The zero-order valence-electron chi connectivity index (χ0n) is 15.7. The van der Waals surface area contributed by atoms with E-state index in [4.69, 9.17) is 9.15 Å². The molecular formula is C23H19NO5. The Labute approximate surface area is 167 Å². The van der Waals surface area contributed by atoms with Crippen LogP contribution in [0.5, 0.6) is 5.75 Å². The molecule has 1 aromatic heterocycles. The highest BCUT2D eigenvalue weighted by Gasteiger charge is 2.46. The highest BCUT2D eigenvalue weighted by atomic mass is 16.5. The molecule has 1 atom stereocenters. The normalized spacial score (nSPS) is 18.2. The lowest BCUT2D eigenvalue weighted by Gasteiger charge is -2.24. The van der Waals surface area contributed by atoms with Crippen LogP contribution < -0.4 is 4.74 Å². The summed E-state index contributed by atoms with van der Waals surface area (Å²) >= 11 is 0. The van der Waals surface area contributed by atoms with Crippen LogP contribution in [0.25, 0.3) is 5.76 Å². The van der Waals surface area contributed by atoms with Gasteiger partial charge in [0.25, 0.3) is 11.7 Å². The van der Waals surface area contributed by atoms with Crippen molar-refractivity contribution in [3.63, 3.8) is 0 Å². The number of ketones is 1. The van der Waals surface area contributed by atoms with E-state index in [0.29, 0.717) is 17.1 Å². The van der Waals surface area contributed by atoms with E-state index in [1.165, 1.54) is 18.3 Å². The SMILES string of the molecule is COc1cccc(/C(O)=C2/C(=O)C(=O)N(Cc3ccco3)C2c2ccccc2)c1. The number of rotatable bonds is 5. The lowest BCUT2D eigenvalue weighted by Crippen LogP contribution is -2.29. The van der Waals surface area contributed by atoms with Crippen molar-refractivity contribution in [1.82, 2.24) is 4.90 Å². The van der Waals surface area contributed by atoms with Gasteiger partial charge in [0.1, 0.15) is 17.3 Å². The highest BCUT2D eigenvalue weighted by molar-refractivity contribution is 6.46. The third kappa shape index (κ3) is 3.40. The third-order valence-corrected chi connectivity index (χ3v) is 4.90. The van der Waals surface area contributed by atoms with Gasteiger partial charge in [-0.05, 0) is 29.8 Å². The van der Waals surface area contributed by atoms with Crippen molar-refractivity contribution in [3.05, 3.63) is 95.5 Å². The van der Waals surface area contributed by atoms with Gasteiger partial charge in [-0.2, -0.15) is 0 Å². The van der Waals surface area contributed by atoms with Gasteiger partial charge >= 0.3 is 0 Å². The number of likely N-dealkylation sites (tertiary alicyclic amines) is 1. The van der Waals surface area contributed by atoms with Crippen LogP contribution in [0.2, 0.25) is 0 Å². The number of hydrogen-bond donors (Lipinski definition) is 1. The summed E-state index contributed by atoms with van der Waals surface area (Å²) in [4.78, 5) is 27.2. The van der Waals surface area contributed by atoms with Gasteiger partial charge in [0.2, 0.25) is 0 Å². The predicted molar refractivity (Wildman–Crippen MR) is 106 cm³/mol. The molecule has 0 saturated carbocycles. The summed E-state index contributed by atoms with van der Waals surface area (Å²) in [6.07, 6.45) is 1.51. The zero-order valence-corrected chi connectivity index (χ0v) is 15.7. The monoisotopic (exact) mass is 389 g/mol. The molecule has 0 spiro atoms. The quantitative estimate of drug-likeness (QED) is 0.407. The second-order valence-corrected chi connectivity index (χ2v) is 6.65. The van der Waals surface area contributed by atoms with Crippen LogP contribution in [0, 0.1) is 0 Å². The minimum absolute atomic E-state index is 0.0426. The fraction of sp³-hybridized carbons (Fsp3) is 0.130. The van der Waals surface area contributed by atoms with Crippen molar-refractivity contribution in [2.24, 2.45) is 0 Å². The van der Waals surface area contributed by atoms with Crippen LogP contribution in [0.3, 0.4) is 0 Å². The van der Waals surface area contributed by atoms with E-state index < -0.39 is 17.7 Å². The van der Waals surface area contributed by atoms with E-state index in [2.05, 4.69) is 0 Å². The molecule has 2 heterocycles. The van der Waals surface area contributed by atoms with Crippen molar-refractivity contribution in [2.75, 3.05) is 7.11 Å². The van der Waals surface area contributed by atoms with Gasteiger partial charge in [-0.1, -0.05) is 42.5 Å². The molecule has 29 heavy (non-hydrogen) atoms. The van der Waals surface area contributed by atoms with Crippen molar-refractivity contribution >= 4 is 17.4 Å². The smallest absolute Gasteiger partial charge is 0.296 e. The van der Waals surface area contributed by atoms with Crippen molar-refractivity contribution in [2.45, 2.75) is 12.6 Å². The molecule has 0 bridgehead atoms. The van der Waals surface area contributed by atoms with Crippen LogP contribution in [-0.2, 0) is 16.1 Å². The molecule has 1 saturated heterocycles. The number of Topliss-reactive ketones (excluding diaryl/α,β-unsaturated/α-hetero) is 1. The fourth-order valence-electron chi connectivity index (χ4n) is 3.52. The Balaban J connectivity index is 1.86. The number of carbonyl (C=O) groups excluding carboxylic acids is 2. The molecule has 1 aliphatic heterocycles. The fourth-order valence-corrected chi connectivity index (χ4v) is 3.52. The Morgan fingerprint density at radius 1 is 1.07 bits per heavy atom. The summed E-state index contributed by atoms with van der Waals surface area (Å²) in [5.41, 5.74) is 1.17. The Morgan fingerprint density at radius 3 is 2.55 bits per heavy atom. The number of amides is 1. The Hall–Kier alpha value is -3.80. The Bertz CT molecular complexity index is 1070. The van der Waals surface area contributed by atoms with Crippen molar-refractivity contribution in [3.8, 4) is 5.75 Å².